The Bertz CT molecular complexity index is 924. The molecule has 1 aromatic rings. The second-order valence-corrected chi connectivity index (χ2v) is 5.91. The summed E-state index contributed by atoms with van der Waals surface area (Å²) in [5.74, 6) is -1.26. The van der Waals surface area contributed by atoms with Gasteiger partial charge in [0.05, 0.1) is 5.69 Å². The first kappa shape index (κ1) is 22.6. The predicted molar refractivity (Wildman–Crippen MR) is 118 cm³/mol. The van der Waals surface area contributed by atoms with Crippen molar-refractivity contribution < 1.29 is 9.90 Å². The second kappa shape index (κ2) is 11.3. The molecule has 28 heavy (non-hydrogen) atoms. The summed E-state index contributed by atoms with van der Waals surface area (Å²) in [6, 6.07) is 1.42. The average Bonchev–Trinajstić information content (AvgIpc) is 2.68. The number of carboxylic acid groups (broad SMARTS) is 1. The standard InChI is InChI=1S/C24H27NO3/c1-6-13-18(8-3)19(14-7-2)15-11-12-16-20-17-21(24(27)28)23(26)25(10-5)22(20)9-4/h6,8-11,13-15,17H,1,3-5,7,12,16H2,2H3,(H,27,28)/b15-11-,18-13+,19-14+. The Morgan fingerprint density at radius 3 is 2.43 bits per heavy atom. The molecule has 0 radical (unpaired) electrons. The van der Waals surface area contributed by atoms with Gasteiger partial charge in [-0.15, -0.1) is 0 Å². The molecule has 1 heterocycles. The fourth-order valence-electron chi connectivity index (χ4n) is 2.83. The van der Waals surface area contributed by atoms with Crippen LogP contribution in [-0.4, -0.2) is 15.6 Å². The monoisotopic (exact) mass is 377 g/mol. The molecule has 0 atom stereocenters. The van der Waals surface area contributed by atoms with Crippen molar-refractivity contribution in [2.45, 2.75) is 26.2 Å². The van der Waals surface area contributed by atoms with Crippen LogP contribution in [0.4, 0.5) is 0 Å². The number of pyridine rings is 1. The molecule has 0 saturated carbocycles. The van der Waals surface area contributed by atoms with Crippen LogP contribution < -0.4 is 5.56 Å². The Morgan fingerprint density at radius 2 is 1.93 bits per heavy atom. The number of carbonyl (C=O) groups is 1. The minimum atomic E-state index is -1.26. The summed E-state index contributed by atoms with van der Waals surface area (Å²) >= 11 is 0. The minimum Gasteiger partial charge on any atom is -0.477 e. The topological polar surface area (TPSA) is 59.3 Å². The molecule has 1 aromatic heterocycles. The molecule has 1 N–H and O–H groups in total. The van der Waals surface area contributed by atoms with Gasteiger partial charge >= 0.3 is 5.97 Å². The van der Waals surface area contributed by atoms with Crippen molar-refractivity contribution >= 4 is 18.2 Å². The Labute approximate surface area is 166 Å². The van der Waals surface area contributed by atoms with Crippen molar-refractivity contribution in [3.8, 4) is 0 Å². The molecule has 0 saturated heterocycles. The second-order valence-electron chi connectivity index (χ2n) is 5.91. The van der Waals surface area contributed by atoms with E-state index in [1.165, 1.54) is 16.8 Å². The van der Waals surface area contributed by atoms with E-state index in [2.05, 4.69) is 39.3 Å². The lowest BCUT2D eigenvalue weighted by Gasteiger charge is -2.12. The SMILES string of the molecule is C=C/C=C(C=C)/C(/C=C\CCc1cc(C(=O)O)c(=O)n(C=C)c1C=C)=C/CC. The number of carboxylic acids is 1. The van der Waals surface area contributed by atoms with Gasteiger partial charge in [-0.25, -0.2) is 4.79 Å². The number of aryl methyl sites for hydroxylation is 1. The van der Waals surface area contributed by atoms with E-state index in [-0.39, 0.29) is 5.56 Å². The number of hydrogen-bond donors (Lipinski definition) is 1. The number of allylic oxidation sites excluding steroid dienone is 8. The van der Waals surface area contributed by atoms with Gasteiger partial charge in [-0.2, -0.15) is 0 Å². The molecule has 0 spiro atoms. The Kier molecular flexibility index (Phi) is 9.17. The normalized spacial score (nSPS) is 12.0. The van der Waals surface area contributed by atoms with E-state index < -0.39 is 11.5 Å². The van der Waals surface area contributed by atoms with Gasteiger partial charge in [-0.05, 0) is 48.1 Å². The molecule has 0 aliphatic heterocycles. The van der Waals surface area contributed by atoms with Crippen molar-refractivity contribution in [2.24, 2.45) is 0 Å². The fourth-order valence-corrected chi connectivity index (χ4v) is 2.83. The summed E-state index contributed by atoms with van der Waals surface area (Å²) in [6.07, 6.45) is 16.5. The first-order valence-electron chi connectivity index (χ1n) is 9.03. The van der Waals surface area contributed by atoms with Crippen molar-refractivity contribution in [3.05, 3.63) is 107 Å². The largest absolute Gasteiger partial charge is 0.477 e. The lowest BCUT2D eigenvalue weighted by Crippen LogP contribution is -2.26. The van der Waals surface area contributed by atoms with Gasteiger partial charge in [-0.1, -0.05) is 69.7 Å². The number of aromatic carboxylic acids is 1. The van der Waals surface area contributed by atoms with Crippen LogP contribution in [0.1, 0.15) is 41.4 Å². The van der Waals surface area contributed by atoms with Gasteiger partial charge in [0.2, 0.25) is 0 Å². The van der Waals surface area contributed by atoms with Gasteiger partial charge in [0, 0.05) is 6.20 Å². The summed E-state index contributed by atoms with van der Waals surface area (Å²) in [5.41, 5.74) is 2.41. The van der Waals surface area contributed by atoms with E-state index in [9.17, 15) is 14.7 Å². The van der Waals surface area contributed by atoms with Gasteiger partial charge in [0.1, 0.15) is 5.56 Å². The lowest BCUT2D eigenvalue weighted by atomic mass is 10.0. The van der Waals surface area contributed by atoms with E-state index in [0.717, 1.165) is 23.1 Å². The van der Waals surface area contributed by atoms with E-state index in [0.29, 0.717) is 18.5 Å². The highest BCUT2D eigenvalue weighted by molar-refractivity contribution is 5.87. The van der Waals surface area contributed by atoms with Gasteiger partial charge < -0.3 is 5.11 Å². The highest BCUT2D eigenvalue weighted by atomic mass is 16.4. The summed E-state index contributed by atoms with van der Waals surface area (Å²) in [7, 11) is 0. The Balaban J connectivity index is 3.19. The fraction of sp³-hybridized carbons (Fsp3) is 0.167. The van der Waals surface area contributed by atoms with Crippen molar-refractivity contribution in [1.82, 2.24) is 4.57 Å². The van der Waals surface area contributed by atoms with Crippen LogP contribution in [0.25, 0.3) is 12.3 Å². The molecular weight excluding hydrogens is 350 g/mol. The van der Waals surface area contributed by atoms with Crippen LogP contribution in [0.15, 0.2) is 84.8 Å². The zero-order chi connectivity index (χ0) is 21.1. The molecule has 1 rings (SSSR count). The summed E-state index contributed by atoms with van der Waals surface area (Å²) in [6.45, 7) is 17.0. The minimum absolute atomic E-state index is 0.279. The summed E-state index contributed by atoms with van der Waals surface area (Å²) in [4.78, 5) is 23.6. The third-order valence-electron chi connectivity index (χ3n) is 4.12. The van der Waals surface area contributed by atoms with E-state index in [1.54, 1.807) is 18.2 Å². The highest BCUT2D eigenvalue weighted by Crippen LogP contribution is 2.17. The van der Waals surface area contributed by atoms with Crippen molar-refractivity contribution in [2.75, 3.05) is 0 Å². The van der Waals surface area contributed by atoms with Crippen LogP contribution in [0.2, 0.25) is 0 Å². The van der Waals surface area contributed by atoms with E-state index in [4.69, 9.17) is 0 Å². The third kappa shape index (κ3) is 5.55. The maximum Gasteiger partial charge on any atom is 0.341 e. The van der Waals surface area contributed by atoms with Gasteiger partial charge in [-0.3, -0.25) is 9.36 Å². The molecule has 4 heteroatoms. The summed E-state index contributed by atoms with van der Waals surface area (Å²) < 4.78 is 1.22. The highest BCUT2D eigenvalue weighted by Gasteiger charge is 2.15. The van der Waals surface area contributed by atoms with Crippen molar-refractivity contribution in [3.63, 3.8) is 0 Å². The zero-order valence-corrected chi connectivity index (χ0v) is 16.4. The number of nitrogens with zero attached hydrogens (tertiary/aromatic N) is 1. The quantitative estimate of drug-likeness (QED) is 0.524. The molecule has 0 aliphatic carbocycles. The average molecular weight is 377 g/mol. The summed E-state index contributed by atoms with van der Waals surface area (Å²) in [5, 5.41) is 9.30. The molecule has 0 aliphatic rings. The third-order valence-corrected chi connectivity index (χ3v) is 4.12. The first-order valence-corrected chi connectivity index (χ1v) is 9.03. The smallest absolute Gasteiger partial charge is 0.341 e. The number of hydrogen-bond acceptors (Lipinski definition) is 2. The Morgan fingerprint density at radius 1 is 1.21 bits per heavy atom. The maximum absolute atomic E-state index is 12.3. The molecule has 0 fully saturated rings. The van der Waals surface area contributed by atoms with Crippen LogP contribution in [0.5, 0.6) is 0 Å². The van der Waals surface area contributed by atoms with Crippen LogP contribution in [0, 0.1) is 0 Å². The maximum atomic E-state index is 12.3. The van der Waals surface area contributed by atoms with Crippen molar-refractivity contribution in [1.29, 1.82) is 0 Å². The molecule has 146 valence electrons. The molecule has 0 aromatic carbocycles. The van der Waals surface area contributed by atoms with Crippen LogP contribution in [-0.2, 0) is 6.42 Å². The zero-order valence-electron chi connectivity index (χ0n) is 16.4. The van der Waals surface area contributed by atoms with Crippen LogP contribution in [0.3, 0.4) is 0 Å². The molecule has 0 unspecified atom stereocenters. The number of rotatable bonds is 11. The predicted octanol–water partition coefficient (Wildman–Crippen LogP) is 5.41. The molecule has 0 bridgehead atoms. The first-order chi connectivity index (χ1) is 13.4. The molecule has 0 amide bonds. The van der Waals surface area contributed by atoms with Gasteiger partial charge in [0.15, 0.2) is 0 Å². The molecule has 4 nitrogen and oxygen atoms in total. The number of aromatic nitrogens is 1. The van der Waals surface area contributed by atoms with E-state index in [1.807, 2.05) is 18.2 Å². The lowest BCUT2D eigenvalue weighted by molar-refractivity contribution is 0.0694. The van der Waals surface area contributed by atoms with Crippen LogP contribution >= 0.6 is 0 Å². The van der Waals surface area contributed by atoms with Gasteiger partial charge in [0.25, 0.3) is 5.56 Å². The molecular formula is C24H27NO3. The Hall–Kier alpha value is -3.40. The van der Waals surface area contributed by atoms with E-state index >= 15 is 0 Å².